The van der Waals surface area contributed by atoms with Crippen molar-refractivity contribution in [2.75, 3.05) is 14.2 Å². The van der Waals surface area contributed by atoms with Gasteiger partial charge in [-0.15, -0.1) is 0 Å². The molecule has 5 heteroatoms. The Labute approximate surface area is 130 Å². The van der Waals surface area contributed by atoms with Gasteiger partial charge in [0.25, 0.3) is 0 Å². The van der Waals surface area contributed by atoms with Gasteiger partial charge in [-0.2, -0.15) is 5.26 Å². The van der Waals surface area contributed by atoms with E-state index in [0.29, 0.717) is 24.3 Å². The van der Waals surface area contributed by atoms with E-state index in [-0.39, 0.29) is 17.3 Å². The zero-order valence-electron chi connectivity index (χ0n) is 13.4. The Balaban J connectivity index is 3.17. The molecule has 0 aliphatic heterocycles. The Morgan fingerprint density at radius 2 is 1.59 bits per heavy atom. The number of Topliss-reactive ketones (excluding diaryl/α,β-unsaturated/α-hetero) is 2. The molecule has 0 spiro atoms. The summed E-state index contributed by atoms with van der Waals surface area (Å²) in [5, 5.41) is 9.27. The van der Waals surface area contributed by atoms with E-state index in [1.54, 1.807) is 6.07 Å². The molecule has 1 aromatic carbocycles. The van der Waals surface area contributed by atoms with Gasteiger partial charge in [-0.3, -0.25) is 9.59 Å². The first kappa shape index (κ1) is 17.7. The lowest BCUT2D eigenvalue weighted by atomic mass is 9.85. The van der Waals surface area contributed by atoms with Crippen LogP contribution in [-0.4, -0.2) is 25.8 Å². The number of benzene rings is 1. The maximum atomic E-state index is 12.5. The van der Waals surface area contributed by atoms with E-state index in [9.17, 15) is 14.9 Å². The van der Waals surface area contributed by atoms with Crippen LogP contribution >= 0.6 is 0 Å². The van der Waals surface area contributed by atoms with Gasteiger partial charge in [0.2, 0.25) is 0 Å². The molecule has 118 valence electrons. The van der Waals surface area contributed by atoms with Crippen molar-refractivity contribution < 1.29 is 19.1 Å². The molecule has 0 N–H and O–H groups in total. The van der Waals surface area contributed by atoms with E-state index >= 15 is 0 Å². The number of methoxy groups -OCH3 is 2. The van der Waals surface area contributed by atoms with Gasteiger partial charge < -0.3 is 9.47 Å². The van der Waals surface area contributed by atoms with E-state index in [4.69, 9.17) is 9.47 Å². The molecule has 0 bridgehead atoms. The van der Waals surface area contributed by atoms with E-state index < -0.39 is 11.7 Å². The third-order valence-corrected chi connectivity index (χ3v) is 3.70. The molecule has 0 aromatic heterocycles. The van der Waals surface area contributed by atoms with Crippen molar-refractivity contribution in [3.63, 3.8) is 0 Å². The summed E-state index contributed by atoms with van der Waals surface area (Å²) in [6, 6.07) is 6.49. The van der Waals surface area contributed by atoms with Gasteiger partial charge in [-0.25, -0.2) is 0 Å². The molecule has 0 saturated carbocycles. The van der Waals surface area contributed by atoms with Crippen molar-refractivity contribution in [2.45, 2.75) is 26.7 Å². The Bertz CT molecular complexity index is 563. The lowest BCUT2D eigenvalue weighted by Gasteiger charge is -2.15. The number of nitrogens with zero attached hydrogens (tertiary/aromatic N) is 1. The molecule has 0 saturated heterocycles. The number of ether oxygens (including phenoxy) is 2. The number of nitriles is 1. The van der Waals surface area contributed by atoms with Gasteiger partial charge in [-0.1, -0.05) is 13.8 Å². The Morgan fingerprint density at radius 1 is 1.09 bits per heavy atom. The fraction of sp³-hybridized carbons (Fsp3) is 0.471. The van der Waals surface area contributed by atoms with Gasteiger partial charge in [0.05, 0.1) is 20.3 Å². The van der Waals surface area contributed by atoms with Gasteiger partial charge in [0.15, 0.2) is 17.5 Å². The van der Waals surface area contributed by atoms with Crippen LogP contribution in [0.5, 0.6) is 11.5 Å². The van der Waals surface area contributed by atoms with Crippen molar-refractivity contribution in [3.05, 3.63) is 23.8 Å². The third-order valence-electron chi connectivity index (χ3n) is 3.70. The van der Waals surface area contributed by atoms with Crippen LogP contribution in [0.2, 0.25) is 0 Å². The zero-order valence-corrected chi connectivity index (χ0v) is 13.4. The molecule has 0 aliphatic rings. The molecule has 1 unspecified atom stereocenters. The SMILES string of the molecule is CCC(CC)C(=O)C(C#N)C(=O)c1cc(OC)cc(OC)c1. The van der Waals surface area contributed by atoms with Crippen LogP contribution in [0, 0.1) is 23.2 Å². The van der Waals surface area contributed by atoms with Crippen molar-refractivity contribution in [1.82, 2.24) is 0 Å². The Hall–Kier alpha value is -2.35. The van der Waals surface area contributed by atoms with E-state index in [1.165, 1.54) is 26.4 Å². The molecule has 0 heterocycles. The summed E-state index contributed by atoms with van der Waals surface area (Å²) in [4.78, 5) is 24.9. The number of ketones is 2. The minimum absolute atomic E-state index is 0.238. The monoisotopic (exact) mass is 303 g/mol. The molecule has 1 rings (SSSR count). The first-order chi connectivity index (χ1) is 10.5. The largest absolute Gasteiger partial charge is 0.497 e. The minimum Gasteiger partial charge on any atom is -0.497 e. The lowest BCUT2D eigenvalue weighted by Crippen LogP contribution is -2.28. The first-order valence-electron chi connectivity index (χ1n) is 7.22. The number of rotatable bonds is 8. The second kappa shape index (κ2) is 8.18. The molecule has 1 atom stereocenters. The Kier molecular flexibility index (Phi) is 6.58. The van der Waals surface area contributed by atoms with Gasteiger partial charge in [0.1, 0.15) is 11.5 Å². The molecule has 0 amide bonds. The quantitative estimate of drug-likeness (QED) is 0.545. The highest BCUT2D eigenvalue weighted by molar-refractivity contribution is 6.13. The number of hydrogen-bond acceptors (Lipinski definition) is 5. The van der Waals surface area contributed by atoms with Gasteiger partial charge >= 0.3 is 0 Å². The molecule has 1 aromatic rings. The van der Waals surface area contributed by atoms with Crippen molar-refractivity contribution >= 4 is 11.6 Å². The molecule has 22 heavy (non-hydrogen) atoms. The number of carbonyl (C=O) groups excluding carboxylic acids is 2. The van der Waals surface area contributed by atoms with Crippen molar-refractivity contribution in [2.24, 2.45) is 11.8 Å². The van der Waals surface area contributed by atoms with Crippen LogP contribution < -0.4 is 9.47 Å². The maximum Gasteiger partial charge on any atom is 0.187 e. The van der Waals surface area contributed by atoms with Crippen LogP contribution in [0.4, 0.5) is 0 Å². The first-order valence-corrected chi connectivity index (χ1v) is 7.22. The van der Waals surface area contributed by atoms with Crippen LogP contribution in [0.25, 0.3) is 0 Å². The summed E-state index contributed by atoms with van der Waals surface area (Å²) in [6.45, 7) is 3.75. The van der Waals surface area contributed by atoms with Gasteiger partial charge in [0, 0.05) is 17.5 Å². The zero-order chi connectivity index (χ0) is 16.7. The molecule has 0 aliphatic carbocycles. The van der Waals surface area contributed by atoms with Gasteiger partial charge in [-0.05, 0) is 25.0 Å². The summed E-state index contributed by atoms with van der Waals surface area (Å²) < 4.78 is 10.2. The number of carbonyl (C=O) groups is 2. The second-order valence-electron chi connectivity index (χ2n) is 4.94. The maximum absolute atomic E-state index is 12.5. The van der Waals surface area contributed by atoms with Crippen molar-refractivity contribution in [3.8, 4) is 17.6 Å². The second-order valence-corrected chi connectivity index (χ2v) is 4.94. The highest BCUT2D eigenvalue weighted by Crippen LogP contribution is 2.26. The molecular weight excluding hydrogens is 282 g/mol. The summed E-state index contributed by atoms with van der Waals surface area (Å²) in [6.07, 6.45) is 1.23. The fourth-order valence-electron chi connectivity index (χ4n) is 2.29. The lowest BCUT2D eigenvalue weighted by molar-refractivity contribution is -0.124. The summed E-state index contributed by atoms with van der Waals surface area (Å²) in [7, 11) is 2.94. The highest BCUT2D eigenvalue weighted by atomic mass is 16.5. The fourth-order valence-corrected chi connectivity index (χ4v) is 2.29. The predicted molar refractivity (Wildman–Crippen MR) is 82.1 cm³/mol. The topological polar surface area (TPSA) is 76.4 Å². The summed E-state index contributed by atoms with van der Waals surface area (Å²) in [5.74, 6) is -1.53. The molecular formula is C17H21NO4. The Morgan fingerprint density at radius 3 is 1.95 bits per heavy atom. The third kappa shape index (κ3) is 3.85. The molecule has 5 nitrogen and oxygen atoms in total. The summed E-state index contributed by atoms with van der Waals surface area (Å²) >= 11 is 0. The van der Waals surface area contributed by atoms with Crippen LogP contribution in [0.15, 0.2) is 18.2 Å². The smallest absolute Gasteiger partial charge is 0.187 e. The van der Waals surface area contributed by atoms with Crippen LogP contribution in [0.3, 0.4) is 0 Å². The van der Waals surface area contributed by atoms with E-state index in [1.807, 2.05) is 19.9 Å². The van der Waals surface area contributed by atoms with E-state index in [0.717, 1.165) is 0 Å². The predicted octanol–water partition coefficient (Wildman–Crippen LogP) is 3.03. The molecule has 0 radical (unpaired) electrons. The number of hydrogen-bond donors (Lipinski definition) is 0. The van der Waals surface area contributed by atoms with Crippen molar-refractivity contribution in [1.29, 1.82) is 5.26 Å². The normalized spacial score (nSPS) is 11.6. The summed E-state index contributed by atoms with van der Waals surface area (Å²) in [5.41, 5.74) is 0.238. The molecule has 0 fully saturated rings. The highest BCUT2D eigenvalue weighted by Gasteiger charge is 2.31. The minimum atomic E-state index is -1.29. The van der Waals surface area contributed by atoms with Crippen LogP contribution in [-0.2, 0) is 4.79 Å². The standard InChI is InChI=1S/C17H21NO4/c1-5-11(6-2)16(19)15(10-18)17(20)12-7-13(21-3)9-14(8-12)22-4/h7-9,11,15H,5-6H2,1-4H3. The van der Waals surface area contributed by atoms with E-state index in [2.05, 4.69) is 0 Å². The average Bonchev–Trinajstić information content (AvgIpc) is 2.55. The van der Waals surface area contributed by atoms with Crippen LogP contribution in [0.1, 0.15) is 37.0 Å². The average molecular weight is 303 g/mol.